The third-order valence-corrected chi connectivity index (χ3v) is 4.23. The first-order valence-electron chi connectivity index (χ1n) is 5.14. The maximum Gasteiger partial charge on any atom is 0.184 e. The Kier molecular flexibility index (Phi) is 2.41. The van der Waals surface area contributed by atoms with E-state index in [2.05, 4.69) is 38.4 Å². The largest absolute Gasteiger partial charge is 0.359 e. The normalized spacial score (nSPS) is 16.6. The number of thiazole rings is 1. The minimum absolute atomic E-state index is 0.661. The van der Waals surface area contributed by atoms with E-state index < -0.39 is 0 Å². The molecule has 78 valence electrons. The van der Waals surface area contributed by atoms with Crippen LogP contribution in [0, 0.1) is 0 Å². The highest BCUT2D eigenvalue weighted by Gasteiger charge is 2.18. The van der Waals surface area contributed by atoms with Crippen LogP contribution >= 0.6 is 27.3 Å². The predicted octanol–water partition coefficient (Wildman–Crippen LogP) is 4.02. The topological polar surface area (TPSA) is 24.9 Å². The molecule has 0 radical (unpaired) electrons. The average molecular weight is 283 g/mol. The molecule has 0 aliphatic heterocycles. The molecule has 1 aromatic carbocycles. The van der Waals surface area contributed by atoms with Crippen LogP contribution in [0.5, 0.6) is 0 Å². The van der Waals surface area contributed by atoms with E-state index >= 15 is 0 Å². The molecule has 1 aliphatic rings. The van der Waals surface area contributed by atoms with Gasteiger partial charge in [-0.2, -0.15) is 0 Å². The number of nitrogens with one attached hydrogen (secondary N) is 1. The Labute approximate surface area is 101 Å². The zero-order chi connectivity index (χ0) is 10.3. The van der Waals surface area contributed by atoms with Crippen LogP contribution < -0.4 is 5.32 Å². The van der Waals surface area contributed by atoms with Crippen LogP contribution in [0.2, 0.25) is 0 Å². The standard InChI is InChI=1S/C11H11BrN2S/c12-7-4-5-9-10(6-7)15-11(14-9)13-8-2-1-3-8/h4-6,8H,1-3H2,(H,13,14). The predicted molar refractivity (Wildman–Crippen MR) is 68.6 cm³/mol. The molecule has 0 unspecified atom stereocenters. The second-order valence-electron chi connectivity index (χ2n) is 3.90. The Morgan fingerprint density at radius 2 is 2.27 bits per heavy atom. The molecule has 0 atom stereocenters. The van der Waals surface area contributed by atoms with Crippen molar-refractivity contribution in [2.45, 2.75) is 25.3 Å². The summed E-state index contributed by atoms with van der Waals surface area (Å²) in [6, 6.07) is 6.88. The van der Waals surface area contributed by atoms with Crippen molar-refractivity contribution >= 4 is 42.6 Å². The lowest BCUT2D eigenvalue weighted by molar-refractivity contribution is 0.445. The van der Waals surface area contributed by atoms with Gasteiger partial charge in [-0.15, -0.1) is 0 Å². The van der Waals surface area contributed by atoms with E-state index in [4.69, 9.17) is 0 Å². The molecule has 15 heavy (non-hydrogen) atoms. The molecule has 1 aliphatic carbocycles. The average Bonchev–Trinajstić information content (AvgIpc) is 2.53. The summed E-state index contributed by atoms with van der Waals surface area (Å²) in [4.78, 5) is 4.56. The molecule has 0 amide bonds. The van der Waals surface area contributed by atoms with Crippen molar-refractivity contribution in [3.05, 3.63) is 22.7 Å². The molecule has 1 fully saturated rings. The Bertz CT molecular complexity index is 490. The van der Waals surface area contributed by atoms with Gasteiger partial charge in [0.1, 0.15) is 0 Å². The number of rotatable bonds is 2. The van der Waals surface area contributed by atoms with Gasteiger partial charge in [0.2, 0.25) is 0 Å². The summed E-state index contributed by atoms with van der Waals surface area (Å²) in [6.45, 7) is 0. The number of anilines is 1. The van der Waals surface area contributed by atoms with E-state index in [1.807, 2.05) is 6.07 Å². The molecule has 1 heterocycles. The number of aromatic nitrogens is 1. The number of benzene rings is 1. The maximum atomic E-state index is 4.56. The molecule has 4 heteroatoms. The minimum atomic E-state index is 0.661. The van der Waals surface area contributed by atoms with E-state index in [0.717, 1.165) is 15.1 Å². The van der Waals surface area contributed by atoms with Gasteiger partial charge < -0.3 is 5.32 Å². The summed E-state index contributed by atoms with van der Waals surface area (Å²) < 4.78 is 2.36. The van der Waals surface area contributed by atoms with E-state index in [1.165, 1.54) is 24.0 Å². The molecule has 0 bridgehead atoms. The van der Waals surface area contributed by atoms with Gasteiger partial charge >= 0.3 is 0 Å². The van der Waals surface area contributed by atoms with E-state index in [1.54, 1.807) is 11.3 Å². The second kappa shape index (κ2) is 3.76. The van der Waals surface area contributed by atoms with Gasteiger partial charge in [-0.1, -0.05) is 27.3 Å². The summed E-state index contributed by atoms with van der Waals surface area (Å²) >= 11 is 5.21. The minimum Gasteiger partial charge on any atom is -0.359 e. The fourth-order valence-electron chi connectivity index (χ4n) is 1.69. The van der Waals surface area contributed by atoms with Crippen LogP contribution in [0.4, 0.5) is 5.13 Å². The lowest BCUT2D eigenvalue weighted by atomic mass is 9.93. The molecule has 0 spiro atoms. The van der Waals surface area contributed by atoms with Crippen molar-refractivity contribution in [3.63, 3.8) is 0 Å². The first kappa shape index (κ1) is 9.60. The van der Waals surface area contributed by atoms with E-state index in [0.29, 0.717) is 6.04 Å². The molecule has 2 aromatic rings. The fraction of sp³-hybridized carbons (Fsp3) is 0.364. The van der Waals surface area contributed by atoms with Gasteiger partial charge in [0.05, 0.1) is 10.2 Å². The summed E-state index contributed by atoms with van der Waals surface area (Å²) in [5.41, 5.74) is 1.09. The highest BCUT2D eigenvalue weighted by molar-refractivity contribution is 9.10. The van der Waals surface area contributed by atoms with Gasteiger partial charge in [-0.25, -0.2) is 4.98 Å². The fourth-order valence-corrected chi connectivity index (χ4v) is 3.18. The SMILES string of the molecule is Brc1ccc2nc(NC3CCC3)sc2c1. The zero-order valence-corrected chi connectivity index (χ0v) is 10.6. The summed E-state index contributed by atoms with van der Waals surface area (Å²) in [6.07, 6.45) is 3.94. The quantitative estimate of drug-likeness (QED) is 0.900. The highest BCUT2D eigenvalue weighted by atomic mass is 79.9. The molecule has 1 saturated carbocycles. The second-order valence-corrected chi connectivity index (χ2v) is 5.85. The van der Waals surface area contributed by atoms with Gasteiger partial charge in [0, 0.05) is 10.5 Å². The molecule has 2 nitrogen and oxygen atoms in total. The summed E-state index contributed by atoms with van der Waals surface area (Å²) in [5, 5.41) is 4.54. The Hall–Kier alpha value is -0.610. The molecule has 3 rings (SSSR count). The van der Waals surface area contributed by atoms with Crippen molar-refractivity contribution in [3.8, 4) is 0 Å². The van der Waals surface area contributed by atoms with Crippen LogP contribution in [0.15, 0.2) is 22.7 Å². The molecular weight excluding hydrogens is 272 g/mol. The van der Waals surface area contributed by atoms with E-state index in [-0.39, 0.29) is 0 Å². The van der Waals surface area contributed by atoms with Crippen LogP contribution in [-0.2, 0) is 0 Å². The van der Waals surface area contributed by atoms with Gasteiger partial charge in [-0.05, 0) is 37.5 Å². The summed E-state index contributed by atoms with van der Waals surface area (Å²) in [5.74, 6) is 0. The lowest BCUT2D eigenvalue weighted by Gasteiger charge is -2.25. The number of nitrogens with zero attached hydrogens (tertiary/aromatic N) is 1. The first-order valence-corrected chi connectivity index (χ1v) is 6.75. The highest BCUT2D eigenvalue weighted by Crippen LogP contribution is 2.31. The maximum absolute atomic E-state index is 4.56. The Balaban J connectivity index is 1.91. The van der Waals surface area contributed by atoms with Gasteiger partial charge in [0.25, 0.3) is 0 Å². The molecule has 1 aromatic heterocycles. The van der Waals surface area contributed by atoms with Crippen molar-refractivity contribution in [1.82, 2.24) is 4.98 Å². The van der Waals surface area contributed by atoms with Crippen LogP contribution in [0.3, 0.4) is 0 Å². The first-order chi connectivity index (χ1) is 7.31. The Morgan fingerprint density at radius 3 is 3.00 bits per heavy atom. The smallest absolute Gasteiger partial charge is 0.184 e. The van der Waals surface area contributed by atoms with Crippen molar-refractivity contribution in [2.75, 3.05) is 5.32 Å². The van der Waals surface area contributed by atoms with Crippen LogP contribution in [-0.4, -0.2) is 11.0 Å². The Morgan fingerprint density at radius 1 is 1.40 bits per heavy atom. The number of hydrogen-bond acceptors (Lipinski definition) is 3. The van der Waals surface area contributed by atoms with E-state index in [9.17, 15) is 0 Å². The van der Waals surface area contributed by atoms with Gasteiger partial charge in [-0.3, -0.25) is 0 Å². The lowest BCUT2D eigenvalue weighted by Crippen LogP contribution is -2.26. The number of hydrogen-bond donors (Lipinski definition) is 1. The molecular formula is C11H11BrN2S. The van der Waals surface area contributed by atoms with Crippen LogP contribution in [0.1, 0.15) is 19.3 Å². The van der Waals surface area contributed by atoms with Crippen LogP contribution in [0.25, 0.3) is 10.2 Å². The van der Waals surface area contributed by atoms with Crippen molar-refractivity contribution in [2.24, 2.45) is 0 Å². The third-order valence-electron chi connectivity index (χ3n) is 2.78. The summed E-state index contributed by atoms with van der Waals surface area (Å²) in [7, 11) is 0. The van der Waals surface area contributed by atoms with Gasteiger partial charge in [0.15, 0.2) is 5.13 Å². The third kappa shape index (κ3) is 1.88. The van der Waals surface area contributed by atoms with Crippen molar-refractivity contribution < 1.29 is 0 Å². The zero-order valence-electron chi connectivity index (χ0n) is 8.16. The molecule has 1 N–H and O–H groups in total. The molecule has 0 saturated heterocycles. The van der Waals surface area contributed by atoms with Crippen molar-refractivity contribution in [1.29, 1.82) is 0 Å². The monoisotopic (exact) mass is 282 g/mol. The number of halogens is 1. The number of fused-ring (bicyclic) bond motifs is 1.